The summed E-state index contributed by atoms with van der Waals surface area (Å²) in [5, 5.41) is 6.20. The van der Waals surface area contributed by atoms with Gasteiger partial charge >= 0.3 is 12.2 Å². The molecule has 2 aromatic carbocycles. The van der Waals surface area contributed by atoms with E-state index in [1.807, 2.05) is 48.5 Å². The minimum Gasteiger partial charge on any atom is -0.453 e. The Kier molecular flexibility index (Phi) is 13.7. The van der Waals surface area contributed by atoms with E-state index in [4.69, 9.17) is 42.1 Å². The molecule has 62 heavy (non-hydrogen) atoms. The number of hydrogen-bond donors (Lipinski definition) is 4. The van der Waals surface area contributed by atoms with E-state index in [0.29, 0.717) is 111 Å². The standard InChI is InChI=1S/C44H52Cl2N8O8/c1-59-43(57)49-35(29-15-21-61-22-16-29)41(55)53-19-3-5-31(53)39-47-33(37(45)51-39)27-11-7-25(8-12-27)26-9-13-28(14-10-26)34-38(46)52-40(48-34)32-6-4-20-54(32)42(56)36(50-44(58)60-2)30-17-23-62-24-18-30/h7-14,29-32,35-36H,3-6,15-24H2,1-2H3,(H,47,51)(H,48,52)(H,49,57)(H,50,58)/t31-,32-,35-,36-/m0/s1. The molecule has 0 bridgehead atoms. The van der Waals surface area contributed by atoms with Crippen LogP contribution in [0.5, 0.6) is 0 Å². The van der Waals surface area contributed by atoms with E-state index < -0.39 is 24.3 Å². The molecular weight excluding hydrogens is 839 g/mol. The molecule has 0 radical (unpaired) electrons. The number of halogens is 2. The summed E-state index contributed by atoms with van der Waals surface area (Å²) < 4.78 is 20.8. The van der Waals surface area contributed by atoms with Gasteiger partial charge in [0.05, 0.1) is 37.7 Å². The summed E-state index contributed by atoms with van der Waals surface area (Å²) >= 11 is 13.5. The Morgan fingerprint density at radius 1 is 0.613 bits per heavy atom. The number of methoxy groups -OCH3 is 2. The molecule has 18 heteroatoms. The van der Waals surface area contributed by atoms with Crippen LogP contribution in [0.25, 0.3) is 33.6 Å². The van der Waals surface area contributed by atoms with Crippen LogP contribution in [0.4, 0.5) is 9.59 Å². The molecule has 16 nitrogen and oxygen atoms in total. The summed E-state index contributed by atoms with van der Waals surface area (Å²) in [4.78, 5) is 72.4. The fraction of sp³-hybridized carbons (Fsp3) is 0.500. The van der Waals surface area contributed by atoms with E-state index in [1.54, 1.807) is 9.80 Å². The molecule has 0 spiro atoms. The van der Waals surface area contributed by atoms with E-state index in [0.717, 1.165) is 35.1 Å². The number of benzene rings is 2. The zero-order valence-electron chi connectivity index (χ0n) is 34.8. The Hall–Kier alpha value is -5.16. The van der Waals surface area contributed by atoms with E-state index in [-0.39, 0.29) is 35.7 Å². The van der Waals surface area contributed by atoms with Gasteiger partial charge in [-0.25, -0.2) is 19.6 Å². The zero-order valence-corrected chi connectivity index (χ0v) is 36.3. The van der Waals surface area contributed by atoms with Crippen LogP contribution in [0.15, 0.2) is 48.5 Å². The van der Waals surface area contributed by atoms with Crippen molar-refractivity contribution >= 4 is 47.2 Å². The molecule has 6 heterocycles. The second kappa shape index (κ2) is 19.5. The van der Waals surface area contributed by atoms with Crippen LogP contribution >= 0.6 is 23.2 Å². The summed E-state index contributed by atoms with van der Waals surface area (Å²) in [6.07, 6.45) is 4.38. The summed E-state index contributed by atoms with van der Waals surface area (Å²) in [6.45, 7) is 3.22. The van der Waals surface area contributed by atoms with Crippen molar-refractivity contribution in [1.29, 1.82) is 0 Å². The molecule has 4 amide bonds. The van der Waals surface area contributed by atoms with Gasteiger partial charge in [0.15, 0.2) is 10.3 Å². The highest BCUT2D eigenvalue weighted by molar-refractivity contribution is 6.32. The molecule has 0 unspecified atom stereocenters. The number of aromatic amines is 2. The maximum absolute atomic E-state index is 14.0. The molecule has 4 aliphatic heterocycles. The number of amides is 4. The number of carbonyl (C=O) groups is 4. The molecule has 330 valence electrons. The summed E-state index contributed by atoms with van der Waals surface area (Å²) in [6, 6.07) is 13.9. The Morgan fingerprint density at radius 3 is 1.32 bits per heavy atom. The number of likely N-dealkylation sites (tertiary alicyclic amines) is 2. The van der Waals surface area contributed by atoms with Crippen LogP contribution in [-0.2, 0) is 28.5 Å². The molecule has 4 fully saturated rings. The predicted molar refractivity (Wildman–Crippen MR) is 230 cm³/mol. The van der Waals surface area contributed by atoms with Crippen LogP contribution in [-0.4, -0.2) is 120 Å². The van der Waals surface area contributed by atoms with Gasteiger partial charge in [-0.3, -0.25) is 9.59 Å². The summed E-state index contributed by atoms with van der Waals surface area (Å²) in [5.74, 6) is 0.741. The first-order valence-corrected chi connectivity index (χ1v) is 22.1. The van der Waals surface area contributed by atoms with Crippen LogP contribution < -0.4 is 10.6 Å². The first kappa shape index (κ1) is 43.5. The number of aromatic nitrogens is 4. The average molecular weight is 892 g/mol. The van der Waals surface area contributed by atoms with Gasteiger partial charge < -0.3 is 49.3 Å². The highest BCUT2D eigenvalue weighted by Crippen LogP contribution is 2.39. The lowest BCUT2D eigenvalue weighted by Gasteiger charge is -2.34. The van der Waals surface area contributed by atoms with Crippen molar-refractivity contribution in [3.05, 3.63) is 70.5 Å². The number of carbonyl (C=O) groups excluding carboxylic acids is 4. The van der Waals surface area contributed by atoms with Crippen molar-refractivity contribution < 1.29 is 38.1 Å². The highest BCUT2D eigenvalue weighted by atomic mass is 35.5. The Labute approximate surface area is 369 Å². The maximum atomic E-state index is 14.0. The molecule has 0 aliphatic carbocycles. The Balaban J connectivity index is 0.943. The number of H-pyrrole nitrogens is 2. The lowest BCUT2D eigenvalue weighted by atomic mass is 9.90. The first-order valence-electron chi connectivity index (χ1n) is 21.3. The van der Waals surface area contributed by atoms with E-state index in [2.05, 4.69) is 30.6 Å². The van der Waals surface area contributed by atoms with Gasteiger partial charge in [0.25, 0.3) is 0 Å². The molecule has 2 aromatic heterocycles. The van der Waals surface area contributed by atoms with Gasteiger partial charge in [-0.15, -0.1) is 0 Å². The number of ether oxygens (including phenoxy) is 4. The normalized spacial score (nSPS) is 20.8. The minimum absolute atomic E-state index is 0.0642. The number of rotatable bonds is 11. The van der Waals surface area contributed by atoms with Gasteiger partial charge in [0.1, 0.15) is 23.7 Å². The van der Waals surface area contributed by atoms with Crippen LogP contribution in [0.1, 0.15) is 75.1 Å². The highest BCUT2D eigenvalue weighted by Gasteiger charge is 2.42. The lowest BCUT2D eigenvalue weighted by Crippen LogP contribution is -2.53. The number of nitrogens with one attached hydrogen (secondary N) is 4. The van der Waals surface area contributed by atoms with E-state index in [9.17, 15) is 19.2 Å². The number of hydrogen-bond acceptors (Lipinski definition) is 10. The lowest BCUT2D eigenvalue weighted by molar-refractivity contribution is -0.137. The predicted octanol–water partition coefficient (Wildman–Crippen LogP) is 7.07. The first-order chi connectivity index (χ1) is 30.1. The fourth-order valence-corrected chi connectivity index (χ4v) is 9.81. The summed E-state index contributed by atoms with van der Waals surface area (Å²) in [5.41, 5.74) is 4.96. The van der Waals surface area contributed by atoms with Crippen molar-refractivity contribution in [1.82, 2.24) is 40.4 Å². The quantitative estimate of drug-likeness (QED) is 0.121. The van der Waals surface area contributed by atoms with E-state index >= 15 is 0 Å². The van der Waals surface area contributed by atoms with Gasteiger partial charge in [-0.05, 0) is 74.3 Å². The Bertz CT molecular complexity index is 2070. The number of nitrogens with zero attached hydrogens (tertiary/aromatic N) is 4. The molecule has 4 saturated heterocycles. The molecule has 8 rings (SSSR count). The van der Waals surface area contributed by atoms with Gasteiger partial charge in [-0.1, -0.05) is 71.7 Å². The zero-order chi connectivity index (χ0) is 43.3. The molecule has 4 aliphatic rings. The van der Waals surface area contributed by atoms with Crippen molar-refractivity contribution in [2.45, 2.75) is 75.5 Å². The van der Waals surface area contributed by atoms with Crippen LogP contribution in [0.2, 0.25) is 10.3 Å². The third-order valence-corrected chi connectivity index (χ3v) is 13.2. The van der Waals surface area contributed by atoms with Crippen molar-refractivity contribution in [3.63, 3.8) is 0 Å². The topological polar surface area (TPSA) is 193 Å². The third-order valence-electron chi connectivity index (χ3n) is 12.7. The fourth-order valence-electron chi connectivity index (χ4n) is 9.31. The second-order valence-electron chi connectivity index (χ2n) is 16.2. The molecule has 4 N–H and O–H groups in total. The number of alkyl carbamates (subject to hydrolysis) is 2. The molecular formula is C44H52Cl2N8O8. The largest absolute Gasteiger partial charge is 0.453 e. The van der Waals surface area contributed by atoms with E-state index in [1.165, 1.54) is 14.2 Å². The van der Waals surface area contributed by atoms with Gasteiger partial charge in [0, 0.05) is 50.6 Å². The molecule has 4 aromatic rings. The van der Waals surface area contributed by atoms with Crippen molar-refractivity contribution in [2.24, 2.45) is 11.8 Å². The number of imidazole rings is 2. The molecule has 4 atom stereocenters. The average Bonchev–Trinajstić information content (AvgIpc) is 4.14. The monoisotopic (exact) mass is 890 g/mol. The maximum Gasteiger partial charge on any atom is 0.407 e. The van der Waals surface area contributed by atoms with Crippen LogP contribution in [0.3, 0.4) is 0 Å². The van der Waals surface area contributed by atoms with Gasteiger partial charge in [0.2, 0.25) is 11.8 Å². The van der Waals surface area contributed by atoms with Crippen molar-refractivity contribution in [3.8, 4) is 33.6 Å². The Morgan fingerprint density at radius 2 is 0.968 bits per heavy atom. The second-order valence-corrected chi connectivity index (χ2v) is 17.0. The van der Waals surface area contributed by atoms with Gasteiger partial charge in [-0.2, -0.15) is 0 Å². The molecule has 0 saturated carbocycles. The van der Waals surface area contributed by atoms with Crippen molar-refractivity contribution in [2.75, 3.05) is 53.7 Å². The SMILES string of the molecule is COC(=O)N[C@H](C(=O)N1CCC[C@H]1c1nc(Cl)c(-c2ccc(-c3ccc(-c4[nH]c([C@@H]5CCCN5C(=O)[C@@H](NC(=O)OC)C5CCOCC5)nc4Cl)cc3)cc2)[nH]1)C1CCOCC1. The summed E-state index contributed by atoms with van der Waals surface area (Å²) in [7, 11) is 2.58. The third kappa shape index (κ3) is 9.29. The smallest absolute Gasteiger partial charge is 0.407 e. The van der Waals surface area contributed by atoms with Crippen LogP contribution in [0, 0.1) is 11.8 Å². The minimum atomic E-state index is -0.729.